The highest BCUT2D eigenvalue weighted by Gasteiger charge is 2.53. The number of aliphatic carboxylic acids is 1. The third-order valence-corrected chi connectivity index (χ3v) is 4.53. The number of carbonyl (C=O) groups excluding carboxylic acids is 1. The maximum atomic E-state index is 12.5. The van der Waals surface area contributed by atoms with Crippen molar-refractivity contribution in [3.05, 3.63) is 42.0 Å². The fraction of sp³-hybridized carbons (Fsp3) is 0.444. The molecule has 0 unspecified atom stereocenters. The van der Waals surface area contributed by atoms with E-state index in [-0.39, 0.29) is 5.91 Å². The number of anilines is 1. The van der Waals surface area contributed by atoms with E-state index in [2.05, 4.69) is 12.2 Å². The lowest BCUT2D eigenvalue weighted by molar-refractivity contribution is -0.145. The summed E-state index contributed by atoms with van der Waals surface area (Å²) in [6, 6.07) is 7.72. The highest BCUT2D eigenvalue weighted by atomic mass is 16.5. The Balaban J connectivity index is 1.67. The number of carboxylic acids is 1. The first-order valence-corrected chi connectivity index (χ1v) is 8.06. The number of ether oxygens (including phenoxy) is 1. The first-order valence-electron chi connectivity index (χ1n) is 8.06. The zero-order chi connectivity index (χ0) is 16.4. The molecule has 1 fully saturated rings. The van der Waals surface area contributed by atoms with Crippen molar-refractivity contribution >= 4 is 17.6 Å². The van der Waals surface area contributed by atoms with Crippen LogP contribution in [0.3, 0.4) is 0 Å². The lowest BCUT2D eigenvalue weighted by Crippen LogP contribution is -2.39. The Labute approximate surface area is 135 Å². The second kappa shape index (κ2) is 6.54. The van der Waals surface area contributed by atoms with Gasteiger partial charge in [0.1, 0.15) is 5.92 Å². The van der Waals surface area contributed by atoms with Gasteiger partial charge in [-0.15, -0.1) is 0 Å². The van der Waals surface area contributed by atoms with Crippen molar-refractivity contribution in [2.75, 3.05) is 5.32 Å². The minimum Gasteiger partial charge on any atom is -0.481 e. The lowest BCUT2D eigenvalue weighted by Gasteiger charge is -2.21. The molecule has 0 spiro atoms. The Morgan fingerprint density at radius 3 is 2.39 bits per heavy atom. The van der Waals surface area contributed by atoms with E-state index < -0.39 is 30.0 Å². The largest absolute Gasteiger partial charge is 0.481 e. The Hall–Kier alpha value is -2.14. The maximum absolute atomic E-state index is 12.5. The molecule has 1 amide bonds. The molecule has 5 heteroatoms. The van der Waals surface area contributed by atoms with Gasteiger partial charge in [0.05, 0.1) is 18.1 Å². The van der Waals surface area contributed by atoms with E-state index in [1.54, 1.807) is 12.2 Å². The van der Waals surface area contributed by atoms with Crippen LogP contribution in [0.15, 0.2) is 36.4 Å². The third-order valence-electron chi connectivity index (χ3n) is 4.53. The summed E-state index contributed by atoms with van der Waals surface area (Å²) >= 11 is 0. The Bertz CT molecular complexity index is 622. The van der Waals surface area contributed by atoms with Gasteiger partial charge in [0.15, 0.2) is 0 Å². The molecule has 3 rings (SSSR count). The summed E-state index contributed by atoms with van der Waals surface area (Å²) in [5.41, 5.74) is 1.92. The van der Waals surface area contributed by atoms with Crippen molar-refractivity contribution in [2.24, 2.45) is 11.8 Å². The van der Waals surface area contributed by atoms with Crippen LogP contribution in [0.4, 0.5) is 5.69 Å². The van der Waals surface area contributed by atoms with Crippen molar-refractivity contribution < 1.29 is 19.4 Å². The van der Waals surface area contributed by atoms with Gasteiger partial charge in [0, 0.05) is 5.69 Å². The van der Waals surface area contributed by atoms with Crippen LogP contribution in [-0.4, -0.2) is 29.2 Å². The van der Waals surface area contributed by atoms with Crippen LogP contribution in [0.25, 0.3) is 0 Å². The van der Waals surface area contributed by atoms with Crippen LogP contribution in [0, 0.1) is 11.8 Å². The van der Waals surface area contributed by atoms with Gasteiger partial charge in [-0.25, -0.2) is 0 Å². The quantitative estimate of drug-likeness (QED) is 0.791. The number of nitrogens with one attached hydrogen (secondary N) is 1. The number of benzene rings is 1. The number of fused-ring (bicyclic) bond motifs is 2. The molecule has 1 aromatic rings. The molecule has 2 bridgehead atoms. The standard InChI is InChI=1S/C18H21NO4/c1-2-3-4-11-5-7-12(8-6-11)19-17(20)15-13-9-10-14(23-13)16(15)18(21)22/h5-10,13-16H,2-4H2,1H3,(H,19,20)(H,21,22)/t13-,14+,15-,16+/m1/s1. The fourth-order valence-corrected chi connectivity index (χ4v) is 3.28. The average molecular weight is 315 g/mol. The molecule has 2 aliphatic heterocycles. The van der Waals surface area contributed by atoms with E-state index >= 15 is 0 Å². The normalized spacial score (nSPS) is 28.0. The van der Waals surface area contributed by atoms with Gasteiger partial charge in [-0.1, -0.05) is 37.6 Å². The highest BCUT2D eigenvalue weighted by molar-refractivity contribution is 5.96. The van der Waals surface area contributed by atoms with Crippen LogP contribution >= 0.6 is 0 Å². The minimum absolute atomic E-state index is 0.296. The van der Waals surface area contributed by atoms with Gasteiger partial charge < -0.3 is 15.2 Å². The molecule has 1 saturated heterocycles. The molecule has 0 aliphatic carbocycles. The Morgan fingerprint density at radius 2 is 1.78 bits per heavy atom. The molecule has 0 radical (unpaired) electrons. The predicted molar refractivity (Wildman–Crippen MR) is 86.1 cm³/mol. The van der Waals surface area contributed by atoms with Gasteiger partial charge in [-0.2, -0.15) is 0 Å². The zero-order valence-corrected chi connectivity index (χ0v) is 13.1. The van der Waals surface area contributed by atoms with Crippen LogP contribution < -0.4 is 5.32 Å². The van der Waals surface area contributed by atoms with Gasteiger partial charge in [-0.05, 0) is 30.5 Å². The molecule has 0 aromatic heterocycles. The summed E-state index contributed by atoms with van der Waals surface area (Å²) in [7, 11) is 0. The molecule has 1 aromatic carbocycles. The van der Waals surface area contributed by atoms with Crippen LogP contribution in [0.2, 0.25) is 0 Å². The summed E-state index contributed by atoms with van der Waals surface area (Å²) in [4.78, 5) is 23.9. The Kier molecular flexibility index (Phi) is 4.48. The van der Waals surface area contributed by atoms with Crippen molar-refractivity contribution in [2.45, 2.75) is 38.4 Å². The first kappa shape index (κ1) is 15.7. The highest BCUT2D eigenvalue weighted by Crippen LogP contribution is 2.39. The number of hydrogen-bond acceptors (Lipinski definition) is 3. The molecular weight excluding hydrogens is 294 g/mol. The maximum Gasteiger partial charge on any atom is 0.310 e. The van der Waals surface area contributed by atoms with E-state index in [1.165, 1.54) is 5.56 Å². The zero-order valence-electron chi connectivity index (χ0n) is 13.1. The minimum atomic E-state index is -0.989. The fourth-order valence-electron chi connectivity index (χ4n) is 3.28. The topological polar surface area (TPSA) is 75.6 Å². The van der Waals surface area contributed by atoms with E-state index in [0.29, 0.717) is 5.69 Å². The molecule has 2 aliphatic rings. The third kappa shape index (κ3) is 3.15. The number of unbranched alkanes of at least 4 members (excludes halogenated alkanes) is 1. The monoisotopic (exact) mass is 315 g/mol. The number of carbonyl (C=O) groups is 2. The molecule has 5 nitrogen and oxygen atoms in total. The summed E-state index contributed by atoms with van der Waals surface area (Å²) in [6.07, 6.45) is 5.89. The van der Waals surface area contributed by atoms with Crippen molar-refractivity contribution in [1.82, 2.24) is 0 Å². The second-order valence-corrected chi connectivity index (χ2v) is 6.13. The molecule has 4 atom stereocenters. The predicted octanol–water partition coefficient (Wildman–Crippen LogP) is 2.62. The first-order chi connectivity index (χ1) is 11.1. The summed E-state index contributed by atoms with van der Waals surface area (Å²) in [5.74, 6) is -2.77. The molecule has 2 heterocycles. The van der Waals surface area contributed by atoms with Gasteiger partial charge >= 0.3 is 5.97 Å². The van der Waals surface area contributed by atoms with E-state index in [9.17, 15) is 14.7 Å². The SMILES string of the molecule is CCCCc1ccc(NC(=O)[C@H]2[C@@H](C(=O)O)[C@@H]3C=C[C@H]2O3)cc1. The number of carboxylic acid groups (broad SMARTS) is 1. The van der Waals surface area contributed by atoms with E-state index in [0.717, 1.165) is 19.3 Å². The number of amides is 1. The molecule has 122 valence electrons. The molecule has 23 heavy (non-hydrogen) atoms. The smallest absolute Gasteiger partial charge is 0.310 e. The lowest BCUT2D eigenvalue weighted by atomic mass is 9.82. The summed E-state index contributed by atoms with van der Waals surface area (Å²) < 4.78 is 5.53. The number of rotatable bonds is 6. The summed E-state index contributed by atoms with van der Waals surface area (Å²) in [5, 5.41) is 12.2. The van der Waals surface area contributed by atoms with Crippen molar-refractivity contribution in [3.63, 3.8) is 0 Å². The van der Waals surface area contributed by atoms with E-state index in [1.807, 2.05) is 24.3 Å². The molecule has 2 N–H and O–H groups in total. The molecular formula is C18H21NO4. The second-order valence-electron chi connectivity index (χ2n) is 6.13. The number of hydrogen-bond donors (Lipinski definition) is 2. The van der Waals surface area contributed by atoms with Crippen molar-refractivity contribution in [3.8, 4) is 0 Å². The van der Waals surface area contributed by atoms with Gasteiger partial charge in [-0.3, -0.25) is 9.59 Å². The van der Waals surface area contributed by atoms with Crippen LogP contribution in [0.1, 0.15) is 25.3 Å². The summed E-state index contributed by atoms with van der Waals surface area (Å²) in [6.45, 7) is 2.15. The van der Waals surface area contributed by atoms with Crippen LogP contribution in [-0.2, 0) is 20.7 Å². The Morgan fingerprint density at radius 1 is 1.13 bits per heavy atom. The van der Waals surface area contributed by atoms with Crippen molar-refractivity contribution in [1.29, 1.82) is 0 Å². The average Bonchev–Trinajstić information content (AvgIpc) is 3.15. The molecule has 0 saturated carbocycles. The van der Waals surface area contributed by atoms with Gasteiger partial charge in [0.2, 0.25) is 5.91 Å². The van der Waals surface area contributed by atoms with E-state index in [4.69, 9.17) is 4.74 Å². The number of aryl methyl sites for hydroxylation is 1. The van der Waals surface area contributed by atoms with Gasteiger partial charge in [0.25, 0.3) is 0 Å². The van der Waals surface area contributed by atoms with Crippen LogP contribution in [0.5, 0.6) is 0 Å².